The van der Waals surface area contributed by atoms with Gasteiger partial charge in [-0.05, 0) is 47.2 Å². The fourth-order valence-corrected chi connectivity index (χ4v) is 2.92. The molecular weight excluding hydrogens is 372 g/mol. The monoisotopic (exact) mass is 386 g/mol. The number of hydrogen-bond acceptors (Lipinski definition) is 5. The minimum Gasteiger partial charge on any atom is -0.487 e. The first-order chi connectivity index (χ1) is 12.4. The van der Waals surface area contributed by atoms with Gasteiger partial charge in [0.1, 0.15) is 12.4 Å². The molecule has 8 heteroatoms. The molecular formula is C18H15ClN4O2S. The molecule has 6 nitrogen and oxygen atoms in total. The van der Waals surface area contributed by atoms with Gasteiger partial charge in [0, 0.05) is 23.1 Å². The Morgan fingerprint density at radius 2 is 2.12 bits per heavy atom. The van der Waals surface area contributed by atoms with E-state index in [4.69, 9.17) is 22.8 Å². The molecule has 1 aromatic heterocycles. The zero-order chi connectivity index (χ0) is 18.8. The van der Waals surface area contributed by atoms with E-state index in [2.05, 4.69) is 29.0 Å². The Morgan fingerprint density at radius 1 is 1.35 bits per heavy atom. The van der Waals surface area contributed by atoms with Gasteiger partial charge in [0.2, 0.25) is 0 Å². The highest BCUT2D eigenvalue weighted by atomic mass is 35.5. The molecule has 26 heavy (non-hydrogen) atoms. The van der Waals surface area contributed by atoms with Crippen LogP contribution in [-0.2, 0) is 13.7 Å². The third-order valence-electron chi connectivity index (χ3n) is 3.88. The van der Waals surface area contributed by atoms with Crippen LogP contribution < -0.4 is 10.4 Å². The van der Waals surface area contributed by atoms with Crippen LogP contribution in [0.4, 0.5) is 0 Å². The fourth-order valence-electron chi connectivity index (χ4n) is 2.43. The molecule has 0 aliphatic carbocycles. The molecule has 0 fully saturated rings. The number of benzene rings is 2. The lowest BCUT2D eigenvalue weighted by molar-refractivity contribution is 0.305. The van der Waals surface area contributed by atoms with Crippen LogP contribution in [0.1, 0.15) is 16.7 Å². The highest BCUT2D eigenvalue weighted by molar-refractivity contribution is 7.80. The Bertz CT molecular complexity index is 1080. The second-order valence-corrected chi connectivity index (χ2v) is 6.49. The summed E-state index contributed by atoms with van der Waals surface area (Å²) in [4.78, 5) is 13.0. The lowest BCUT2D eigenvalue weighted by Crippen LogP contribution is -2.23. The predicted octanol–water partition coefficient (Wildman–Crippen LogP) is 2.78. The van der Waals surface area contributed by atoms with Crippen LogP contribution in [-0.4, -0.2) is 19.8 Å². The Kier molecular flexibility index (Phi) is 5.07. The van der Waals surface area contributed by atoms with Crippen molar-refractivity contribution < 1.29 is 4.74 Å². The molecule has 0 bridgehead atoms. The molecule has 0 aliphatic heterocycles. The Morgan fingerprint density at radius 3 is 2.77 bits per heavy atom. The molecule has 0 aliphatic rings. The highest BCUT2D eigenvalue weighted by Gasteiger charge is 2.15. The van der Waals surface area contributed by atoms with Crippen LogP contribution in [0.3, 0.4) is 0 Å². The molecule has 0 atom stereocenters. The fraction of sp³-hybridized carbons (Fsp3) is 0.167. The SMILES string of the molecule is C#Cc1cccc(-n2nnn(C)c2=O)c1COc1cc(C)c(S)cc1Cl. The van der Waals surface area contributed by atoms with Crippen LogP contribution in [0, 0.1) is 19.3 Å². The lowest BCUT2D eigenvalue weighted by Gasteiger charge is -2.14. The van der Waals surface area contributed by atoms with E-state index >= 15 is 0 Å². The van der Waals surface area contributed by atoms with Crippen LogP contribution in [0.2, 0.25) is 5.02 Å². The minimum absolute atomic E-state index is 0.115. The van der Waals surface area contributed by atoms with Gasteiger partial charge in [-0.3, -0.25) is 0 Å². The molecule has 1 heterocycles. The number of terminal acetylenes is 1. The van der Waals surface area contributed by atoms with Gasteiger partial charge >= 0.3 is 5.69 Å². The summed E-state index contributed by atoms with van der Waals surface area (Å²) in [6, 6.07) is 8.78. The molecule has 0 unspecified atom stereocenters. The van der Waals surface area contributed by atoms with Crippen molar-refractivity contribution >= 4 is 24.2 Å². The number of nitrogens with zero attached hydrogens (tertiary/aromatic N) is 4. The van der Waals surface area contributed by atoms with Gasteiger partial charge < -0.3 is 4.74 Å². The van der Waals surface area contributed by atoms with E-state index in [0.717, 1.165) is 15.1 Å². The standard InChI is InChI=1S/C18H15ClN4O2S/c1-4-12-6-5-7-15(23-18(24)22(3)20-21-23)13(12)10-25-16-8-11(2)17(26)9-14(16)19/h1,5-9,26H,10H2,2-3H3. The third-order valence-corrected chi connectivity index (χ3v) is 4.66. The second-order valence-electron chi connectivity index (χ2n) is 5.60. The average molecular weight is 387 g/mol. The first-order valence-electron chi connectivity index (χ1n) is 7.62. The van der Waals surface area contributed by atoms with Crippen molar-refractivity contribution in [2.24, 2.45) is 7.05 Å². The molecule has 3 rings (SSSR count). The summed E-state index contributed by atoms with van der Waals surface area (Å²) >= 11 is 10.6. The number of hydrogen-bond donors (Lipinski definition) is 1. The minimum atomic E-state index is -0.381. The quantitative estimate of drug-likeness (QED) is 0.553. The summed E-state index contributed by atoms with van der Waals surface area (Å²) in [5, 5.41) is 8.06. The van der Waals surface area contributed by atoms with E-state index in [1.807, 2.05) is 6.92 Å². The van der Waals surface area contributed by atoms with E-state index in [0.29, 0.717) is 27.6 Å². The number of thiol groups is 1. The van der Waals surface area contributed by atoms with Gasteiger partial charge in [-0.1, -0.05) is 23.6 Å². The van der Waals surface area contributed by atoms with Crippen molar-refractivity contribution in [1.82, 2.24) is 19.8 Å². The summed E-state index contributed by atoms with van der Waals surface area (Å²) in [6.07, 6.45) is 5.61. The molecule has 0 saturated heterocycles. The van der Waals surface area contributed by atoms with Crippen LogP contribution in [0.15, 0.2) is 40.0 Å². The topological polar surface area (TPSA) is 61.9 Å². The van der Waals surface area contributed by atoms with Crippen LogP contribution >= 0.6 is 24.2 Å². The Balaban J connectivity index is 2.03. The van der Waals surface area contributed by atoms with Gasteiger partial charge in [-0.2, -0.15) is 9.36 Å². The molecule has 0 radical (unpaired) electrons. The molecule has 0 amide bonds. The van der Waals surface area contributed by atoms with Crippen molar-refractivity contribution in [2.75, 3.05) is 0 Å². The molecule has 0 saturated carbocycles. The Hall–Kier alpha value is -2.69. The number of aromatic nitrogens is 4. The summed E-state index contributed by atoms with van der Waals surface area (Å²) in [6.45, 7) is 2.02. The number of halogens is 1. The molecule has 0 spiro atoms. The van der Waals surface area contributed by atoms with Gasteiger partial charge in [0.15, 0.2) is 0 Å². The van der Waals surface area contributed by atoms with E-state index in [-0.39, 0.29) is 12.3 Å². The normalized spacial score (nSPS) is 10.6. The van der Waals surface area contributed by atoms with Gasteiger partial charge in [0.25, 0.3) is 0 Å². The summed E-state index contributed by atoms with van der Waals surface area (Å²) in [7, 11) is 1.52. The highest BCUT2D eigenvalue weighted by Crippen LogP contribution is 2.31. The predicted molar refractivity (Wildman–Crippen MR) is 102 cm³/mol. The van der Waals surface area contributed by atoms with Gasteiger partial charge in [-0.25, -0.2) is 4.79 Å². The maximum absolute atomic E-state index is 12.2. The number of tetrazole rings is 1. The maximum Gasteiger partial charge on any atom is 0.368 e. The molecule has 0 N–H and O–H groups in total. The smallest absolute Gasteiger partial charge is 0.368 e. The van der Waals surface area contributed by atoms with E-state index in [9.17, 15) is 4.79 Å². The van der Waals surface area contributed by atoms with Crippen molar-refractivity contribution in [3.05, 3.63) is 62.5 Å². The zero-order valence-electron chi connectivity index (χ0n) is 14.1. The molecule has 3 aromatic rings. The summed E-state index contributed by atoms with van der Waals surface area (Å²) in [5.41, 5.74) is 2.30. The first kappa shape index (κ1) is 18.1. The molecule has 2 aromatic carbocycles. The van der Waals surface area contributed by atoms with E-state index in [1.54, 1.807) is 30.3 Å². The lowest BCUT2D eigenvalue weighted by atomic mass is 10.1. The number of rotatable bonds is 4. The largest absolute Gasteiger partial charge is 0.487 e. The average Bonchev–Trinajstić information content (AvgIpc) is 2.95. The Labute approximate surface area is 160 Å². The maximum atomic E-state index is 12.2. The van der Waals surface area contributed by atoms with Gasteiger partial charge in [0.05, 0.1) is 10.7 Å². The summed E-state index contributed by atoms with van der Waals surface area (Å²) in [5.74, 6) is 3.11. The van der Waals surface area contributed by atoms with E-state index in [1.165, 1.54) is 11.7 Å². The number of aryl methyl sites for hydroxylation is 2. The first-order valence-corrected chi connectivity index (χ1v) is 8.44. The van der Waals surface area contributed by atoms with Gasteiger partial charge in [-0.15, -0.1) is 19.1 Å². The third kappa shape index (κ3) is 3.34. The van der Waals surface area contributed by atoms with Crippen LogP contribution in [0.5, 0.6) is 5.75 Å². The van der Waals surface area contributed by atoms with Crippen molar-refractivity contribution in [3.63, 3.8) is 0 Å². The summed E-state index contributed by atoms with van der Waals surface area (Å²) < 4.78 is 8.20. The van der Waals surface area contributed by atoms with Crippen LogP contribution in [0.25, 0.3) is 5.69 Å². The van der Waals surface area contributed by atoms with Crippen molar-refractivity contribution in [2.45, 2.75) is 18.4 Å². The van der Waals surface area contributed by atoms with Crippen molar-refractivity contribution in [1.29, 1.82) is 0 Å². The zero-order valence-corrected chi connectivity index (χ0v) is 15.8. The molecule has 132 valence electrons. The van der Waals surface area contributed by atoms with Crippen molar-refractivity contribution in [3.8, 4) is 23.8 Å². The number of ether oxygens (including phenoxy) is 1. The van der Waals surface area contributed by atoms with E-state index < -0.39 is 0 Å². The second kappa shape index (κ2) is 7.28.